The molecule has 0 aliphatic heterocycles. The molecule has 0 saturated heterocycles. The fourth-order valence-electron chi connectivity index (χ4n) is 1.97. The lowest BCUT2D eigenvalue weighted by atomic mass is 10.4. The molecule has 8 heteroatoms. The van der Waals surface area contributed by atoms with Crippen molar-refractivity contribution < 1.29 is 22.4 Å². The molecule has 0 fully saturated rings. The molecule has 0 bridgehead atoms. The van der Waals surface area contributed by atoms with Crippen molar-refractivity contribution in [3.05, 3.63) is 42.1 Å². The molecule has 2 heterocycles. The first kappa shape index (κ1) is 16.3. The molecule has 22 heavy (non-hydrogen) atoms. The van der Waals surface area contributed by atoms with Gasteiger partial charge in [0.15, 0.2) is 0 Å². The maximum absolute atomic E-state index is 12.5. The van der Waals surface area contributed by atoms with Crippen LogP contribution in [0.4, 0.5) is 0 Å². The molecule has 0 atom stereocenters. The van der Waals surface area contributed by atoms with Crippen LogP contribution in [0.3, 0.4) is 0 Å². The Bertz CT molecular complexity index is 746. The zero-order chi connectivity index (χ0) is 16.3. The second-order valence-electron chi connectivity index (χ2n) is 4.73. The van der Waals surface area contributed by atoms with Gasteiger partial charge in [0.05, 0.1) is 19.4 Å². The normalized spacial score (nSPS) is 11.8. The van der Waals surface area contributed by atoms with Gasteiger partial charge in [-0.3, -0.25) is 0 Å². The Hall–Kier alpha value is -2.06. The van der Waals surface area contributed by atoms with Crippen molar-refractivity contribution in [1.29, 1.82) is 0 Å². The minimum Gasteiger partial charge on any atom is -0.468 e. The number of sulfonamides is 1. The highest BCUT2D eigenvalue weighted by molar-refractivity contribution is 7.89. The van der Waals surface area contributed by atoms with E-state index in [0.717, 1.165) is 4.31 Å². The average Bonchev–Trinajstić information content (AvgIpc) is 3.08. The van der Waals surface area contributed by atoms with Gasteiger partial charge in [-0.15, -0.1) is 0 Å². The molecule has 0 aromatic carbocycles. The number of hydrogen-bond donors (Lipinski definition) is 0. The van der Waals surface area contributed by atoms with Gasteiger partial charge in [-0.05, 0) is 25.1 Å². The number of esters is 1. The summed E-state index contributed by atoms with van der Waals surface area (Å²) in [5.74, 6) is -0.0206. The lowest BCUT2D eigenvalue weighted by Crippen LogP contribution is -2.26. The maximum atomic E-state index is 12.5. The minimum atomic E-state index is -3.72. The SMILES string of the molecule is CCOC(=O)c1cc(S(=O)(=O)N(C)Cc2ccco2)cn1C. The van der Waals surface area contributed by atoms with Crippen molar-refractivity contribution >= 4 is 16.0 Å². The molecular weight excluding hydrogens is 308 g/mol. The zero-order valence-corrected chi connectivity index (χ0v) is 13.5. The van der Waals surface area contributed by atoms with Gasteiger partial charge in [0.1, 0.15) is 16.3 Å². The molecule has 120 valence electrons. The second-order valence-corrected chi connectivity index (χ2v) is 6.78. The molecule has 0 aliphatic rings. The van der Waals surface area contributed by atoms with Crippen LogP contribution in [0, 0.1) is 0 Å². The summed E-state index contributed by atoms with van der Waals surface area (Å²) in [4.78, 5) is 11.8. The van der Waals surface area contributed by atoms with Gasteiger partial charge < -0.3 is 13.7 Å². The third-order valence-corrected chi connectivity index (χ3v) is 4.90. The van der Waals surface area contributed by atoms with Crippen LogP contribution in [-0.4, -0.2) is 36.9 Å². The summed E-state index contributed by atoms with van der Waals surface area (Å²) >= 11 is 0. The van der Waals surface area contributed by atoms with E-state index in [1.54, 1.807) is 26.1 Å². The van der Waals surface area contributed by atoms with E-state index in [4.69, 9.17) is 9.15 Å². The number of aromatic nitrogens is 1. The topological polar surface area (TPSA) is 81.8 Å². The Balaban J connectivity index is 2.26. The van der Waals surface area contributed by atoms with Gasteiger partial charge in [0, 0.05) is 20.3 Å². The van der Waals surface area contributed by atoms with Gasteiger partial charge in [-0.1, -0.05) is 0 Å². The fraction of sp³-hybridized carbons (Fsp3) is 0.357. The van der Waals surface area contributed by atoms with E-state index in [1.807, 2.05) is 0 Å². The van der Waals surface area contributed by atoms with Crippen LogP contribution in [0.5, 0.6) is 0 Å². The number of aryl methyl sites for hydroxylation is 1. The Labute approximate surface area is 129 Å². The van der Waals surface area contributed by atoms with E-state index in [2.05, 4.69) is 0 Å². The molecule has 2 rings (SSSR count). The molecule has 0 unspecified atom stereocenters. The first-order valence-electron chi connectivity index (χ1n) is 6.68. The van der Waals surface area contributed by atoms with E-state index < -0.39 is 16.0 Å². The summed E-state index contributed by atoms with van der Waals surface area (Å²) in [5.41, 5.74) is 0.187. The molecule has 7 nitrogen and oxygen atoms in total. The predicted octanol–water partition coefficient (Wildman–Crippen LogP) is 1.62. The van der Waals surface area contributed by atoms with E-state index in [1.165, 1.54) is 30.1 Å². The Morgan fingerprint density at radius 1 is 1.45 bits per heavy atom. The van der Waals surface area contributed by atoms with Crippen LogP contribution in [-0.2, 0) is 28.4 Å². The van der Waals surface area contributed by atoms with Crippen LogP contribution < -0.4 is 0 Å². The number of carbonyl (C=O) groups excluding carboxylic acids is 1. The highest BCUT2D eigenvalue weighted by Gasteiger charge is 2.25. The summed E-state index contributed by atoms with van der Waals surface area (Å²) in [6, 6.07) is 4.70. The summed E-state index contributed by atoms with van der Waals surface area (Å²) in [7, 11) is -0.672. The van der Waals surface area contributed by atoms with Gasteiger partial charge in [0.25, 0.3) is 0 Å². The molecule has 0 amide bonds. The summed E-state index contributed by atoms with van der Waals surface area (Å²) in [5, 5.41) is 0. The third kappa shape index (κ3) is 3.23. The molecule has 0 radical (unpaired) electrons. The van der Waals surface area contributed by atoms with Crippen LogP contribution >= 0.6 is 0 Å². The molecule has 0 spiro atoms. The lowest BCUT2D eigenvalue weighted by molar-refractivity contribution is 0.0515. The number of rotatable bonds is 6. The largest absolute Gasteiger partial charge is 0.468 e. The van der Waals surface area contributed by atoms with Crippen molar-refractivity contribution in [2.75, 3.05) is 13.7 Å². The van der Waals surface area contributed by atoms with Gasteiger partial charge in [-0.2, -0.15) is 4.31 Å². The van der Waals surface area contributed by atoms with Crippen molar-refractivity contribution in [3.8, 4) is 0 Å². The Morgan fingerprint density at radius 3 is 2.77 bits per heavy atom. The van der Waals surface area contributed by atoms with Gasteiger partial charge in [0.2, 0.25) is 10.0 Å². The van der Waals surface area contributed by atoms with Crippen molar-refractivity contribution in [2.45, 2.75) is 18.4 Å². The predicted molar refractivity (Wildman–Crippen MR) is 78.7 cm³/mol. The first-order chi connectivity index (χ1) is 10.4. The molecule has 0 saturated carbocycles. The van der Waals surface area contributed by atoms with Crippen LogP contribution in [0.1, 0.15) is 23.2 Å². The minimum absolute atomic E-state index is 0.0344. The Morgan fingerprint density at radius 2 is 2.18 bits per heavy atom. The smallest absolute Gasteiger partial charge is 0.354 e. The number of furan rings is 1. The van der Waals surface area contributed by atoms with E-state index >= 15 is 0 Å². The molecule has 2 aromatic heterocycles. The van der Waals surface area contributed by atoms with Crippen molar-refractivity contribution in [1.82, 2.24) is 8.87 Å². The summed E-state index contributed by atoms with van der Waals surface area (Å²) in [6.07, 6.45) is 2.87. The quantitative estimate of drug-likeness (QED) is 0.753. The van der Waals surface area contributed by atoms with Crippen LogP contribution in [0.15, 0.2) is 40.0 Å². The van der Waals surface area contributed by atoms with E-state index in [0.29, 0.717) is 5.76 Å². The molecule has 0 aliphatic carbocycles. The van der Waals surface area contributed by atoms with Crippen LogP contribution in [0.2, 0.25) is 0 Å². The number of hydrogen-bond acceptors (Lipinski definition) is 5. The highest BCUT2D eigenvalue weighted by Crippen LogP contribution is 2.20. The third-order valence-electron chi connectivity index (χ3n) is 3.13. The van der Waals surface area contributed by atoms with Crippen molar-refractivity contribution in [2.24, 2.45) is 7.05 Å². The number of nitrogens with zero attached hydrogens (tertiary/aromatic N) is 2. The van der Waals surface area contributed by atoms with Gasteiger partial charge >= 0.3 is 5.97 Å². The fourth-order valence-corrected chi connectivity index (χ4v) is 3.18. The van der Waals surface area contributed by atoms with Gasteiger partial charge in [-0.25, -0.2) is 13.2 Å². The summed E-state index contributed by atoms with van der Waals surface area (Å²) in [6.45, 7) is 2.03. The Kier molecular flexibility index (Phi) is 4.72. The molecular formula is C14H18N2O5S. The molecule has 0 N–H and O–H groups in total. The molecule has 2 aromatic rings. The maximum Gasteiger partial charge on any atom is 0.354 e. The highest BCUT2D eigenvalue weighted by atomic mass is 32.2. The van der Waals surface area contributed by atoms with Crippen molar-refractivity contribution in [3.63, 3.8) is 0 Å². The average molecular weight is 326 g/mol. The van der Waals surface area contributed by atoms with Crippen LogP contribution in [0.25, 0.3) is 0 Å². The van der Waals surface area contributed by atoms with E-state index in [-0.39, 0.29) is 23.7 Å². The second kappa shape index (κ2) is 6.37. The number of ether oxygens (including phenoxy) is 1. The summed E-state index contributed by atoms with van der Waals surface area (Å²) < 4.78 is 37.7. The number of carbonyl (C=O) groups is 1. The monoisotopic (exact) mass is 326 g/mol. The first-order valence-corrected chi connectivity index (χ1v) is 8.12. The standard InChI is InChI=1S/C14H18N2O5S/c1-4-20-14(17)13-8-12(10-15(13)2)22(18,19)16(3)9-11-6-5-7-21-11/h5-8,10H,4,9H2,1-3H3. The van der Waals surface area contributed by atoms with E-state index in [9.17, 15) is 13.2 Å². The lowest BCUT2D eigenvalue weighted by Gasteiger charge is -2.14. The zero-order valence-electron chi connectivity index (χ0n) is 12.6.